The van der Waals surface area contributed by atoms with Gasteiger partial charge in [0.25, 0.3) is 5.91 Å². The van der Waals surface area contributed by atoms with Crippen LogP contribution in [-0.4, -0.2) is 38.4 Å². The number of H-pyrrole nitrogens is 1. The highest BCUT2D eigenvalue weighted by atomic mass is 16.3. The normalized spacial score (nSPS) is 12.2. The average molecular weight is 402 g/mol. The van der Waals surface area contributed by atoms with E-state index in [1.165, 1.54) is 0 Å². The van der Waals surface area contributed by atoms with Gasteiger partial charge in [0.15, 0.2) is 0 Å². The molecule has 1 amide bonds. The molecule has 0 saturated heterocycles. The van der Waals surface area contributed by atoms with Gasteiger partial charge >= 0.3 is 0 Å². The van der Waals surface area contributed by atoms with E-state index in [4.69, 9.17) is 0 Å². The van der Waals surface area contributed by atoms with E-state index in [-0.39, 0.29) is 18.6 Å². The number of nitrogens with zero attached hydrogens (tertiary/aromatic N) is 2. The molecule has 1 unspecified atom stereocenters. The number of amides is 1. The molecule has 0 spiro atoms. The summed E-state index contributed by atoms with van der Waals surface area (Å²) in [4.78, 5) is 16.1. The first-order chi connectivity index (χ1) is 14.5. The number of aromatic nitrogens is 3. The number of fused-ring (bicyclic) bond motifs is 1. The SMILES string of the molecule is Cc1cc(C)n(Cc2cccc(C(=O)NC(CO)Cc3c[nH]c4ccccc34)c2)n1. The number of aryl methyl sites for hydroxylation is 2. The van der Waals surface area contributed by atoms with Gasteiger partial charge in [-0.3, -0.25) is 9.48 Å². The fraction of sp³-hybridized carbons (Fsp3) is 0.250. The van der Waals surface area contributed by atoms with Crippen molar-refractivity contribution in [3.63, 3.8) is 0 Å². The highest BCUT2D eigenvalue weighted by Gasteiger charge is 2.16. The third kappa shape index (κ3) is 4.28. The predicted molar refractivity (Wildman–Crippen MR) is 118 cm³/mol. The Hall–Kier alpha value is -3.38. The molecule has 2 heterocycles. The molecular weight excluding hydrogens is 376 g/mol. The summed E-state index contributed by atoms with van der Waals surface area (Å²) in [5.74, 6) is -0.191. The molecule has 4 aromatic rings. The quantitative estimate of drug-likeness (QED) is 0.443. The molecule has 6 nitrogen and oxygen atoms in total. The zero-order chi connectivity index (χ0) is 21.1. The van der Waals surface area contributed by atoms with E-state index < -0.39 is 0 Å². The summed E-state index contributed by atoms with van der Waals surface area (Å²) in [6.07, 6.45) is 2.49. The van der Waals surface area contributed by atoms with Crippen LogP contribution in [0.1, 0.15) is 32.9 Å². The molecule has 30 heavy (non-hydrogen) atoms. The maximum absolute atomic E-state index is 12.8. The van der Waals surface area contributed by atoms with Crippen LogP contribution in [0.25, 0.3) is 10.9 Å². The van der Waals surface area contributed by atoms with E-state index in [2.05, 4.69) is 15.4 Å². The number of carbonyl (C=O) groups is 1. The van der Waals surface area contributed by atoms with Gasteiger partial charge in [0.05, 0.1) is 24.9 Å². The topological polar surface area (TPSA) is 82.9 Å². The van der Waals surface area contributed by atoms with Crippen molar-refractivity contribution in [2.24, 2.45) is 0 Å². The van der Waals surface area contributed by atoms with Crippen LogP contribution in [0.2, 0.25) is 0 Å². The number of aliphatic hydroxyl groups excluding tert-OH is 1. The summed E-state index contributed by atoms with van der Waals surface area (Å²) < 4.78 is 1.93. The van der Waals surface area contributed by atoms with Crippen LogP contribution in [0.4, 0.5) is 0 Å². The number of hydrogen-bond donors (Lipinski definition) is 3. The first kappa shape index (κ1) is 19.9. The summed E-state index contributed by atoms with van der Waals surface area (Å²) in [7, 11) is 0. The van der Waals surface area contributed by atoms with Gasteiger partial charge in [-0.15, -0.1) is 0 Å². The van der Waals surface area contributed by atoms with Gasteiger partial charge in [0.1, 0.15) is 0 Å². The smallest absolute Gasteiger partial charge is 0.251 e. The van der Waals surface area contributed by atoms with Crippen molar-refractivity contribution in [2.45, 2.75) is 32.9 Å². The number of para-hydroxylation sites is 1. The summed E-state index contributed by atoms with van der Waals surface area (Å²) in [5, 5.41) is 18.4. The fourth-order valence-electron chi connectivity index (χ4n) is 3.81. The lowest BCUT2D eigenvalue weighted by Crippen LogP contribution is -2.39. The molecule has 0 radical (unpaired) electrons. The van der Waals surface area contributed by atoms with Crippen molar-refractivity contribution in [1.82, 2.24) is 20.1 Å². The summed E-state index contributed by atoms with van der Waals surface area (Å²) >= 11 is 0. The van der Waals surface area contributed by atoms with Gasteiger partial charge in [-0.25, -0.2) is 0 Å². The van der Waals surface area contributed by atoms with Crippen LogP contribution in [0.5, 0.6) is 0 Å². The molecule has 3 N–H and O–H groups in total. The number of benzene rings is 2. The van der Waals surface area contributed by atoms with Crippen LogP contribution in [-0.2, 0) is 13.0 Å². The lowest BCUT2D eigenvalue weighted by atomic mass is 10.0. The standard InChI is InChI=1S/C24H26N4O2/c1-16-10-17(2)28(27-16)14-18-6-5-7-19(11-18)24(30)26-21(15-29)12-20-13-25-23-9-4-3-8-22(20)23/h3-11,13,21,25,29H,12,14-15H2,1-2H3,(H,26,30). The first-order valence-electron chi connectivity index (χ1n) is 10.1. The van der Waals surface area contributed by atoms with Crippen LogP contribution >= 0.6 is 0 Å². The Morgan fingerprint density at radius 3 is 2.77 bits per heavy atom. The van der Waals surface area contributed by atoms with Crippen LogP contribution in [0.3, 0.4) is 0 Å². The fourth-order valence-corrected chi connectivity index (χ4v) is 3.81. The maximum atomic E-state index is 12.8. The summed E-state index contributed by atoms with van der Waals surface area (Å²) in [6, 6.07) is 17.2. The Balaban J connectivity index is 1.46. The largest absolute Gasteiger partial charge is 0.394 e. The summed E-state index contributed by atoms with van der Waals surface area (Å²) in [5.41, 5.74) is 5.76. The van der Waals surface area contributed by atoms with Crippen molar-refractivity contribution < 1.29 is 9.90 Å². The molecule has 2 aromatic carbocycles. The monoisotopic (exact) mass is 402 g/mol. The predicted octanol–water partition coefficient (Wildman–Crippen LogP) is 3.36. The lowest BCUT2D eigenvalue weighted by molar-refractivity contribution is 0.0916. The zero-order valence-corrected chi connectivity index (χ0v) is 17.2. The molecule has 2 aromatic heterocycles. The van der Waals surface area contributed by atoms with Gasteiger partial charge in [-0.05, 0) is 55.7 Å². The van der Waals surface area contributed by atoms with Gasteiger partial charge < -0.3 is 15.4 Å². The van der Waals surface area contributed by atoms with E-state index in [0.717, 1.165) is 33.4 Å². The molecule has 1 atom stereocenters. The van der Waals surface area contributed by atoms with Crippen molar-refractivity contribution in [1.29, 1.82) is 0 Å². The minimum atomic E-state index is -0.364. The highest BCUT2D eigenvalue weighted by molar-refractivity contribution is 5.94. The van der Waals surface area contributed by atoms with Crippen LogP contribution < -0.4 is 5.32 Å². The molecule has 154 valence electrons. The number of aromatic amines is 1. The molecule has 4 rings (SSSR count). The lowest BCUT2D eigenvalue weighted by Gasteiger charge is -2.16. The Labute approximate surface area is 175 Å². The van der Waals surface area contributed by atoms with Crippen molar-refractivity contribution in [3.8, 4) is 0 Å². The second-order valence-corrected chi connectivity index (χ2v) is 7.70. The number of hydrogen-bond acceptors (Lipinski definition) is 3. The molecule has 0 aliphatic heterocycles. The summed E-state index contributed by atoms with van der Waals surface area (Å²) in [6.45, 7) is 4.47. The molecule has 6 heteroatoms. The molecule has 0 bridgehead atoms. The Bertz CT molecular complexity index is 1170. The second-order valence-electron chi connectivity index (χ2n) is 7.70. The van der Waals surface area contributed by atoms with Crippen molar-refractivity contribution >= 4 is 16.8 Å². The van der Waals surface area contributed by atoms with E-state index in [1.807, 2.05) is 73.3 Å². The Morgan fingerprint density at radius 2 is 2.00 bits per heavy atom. The Morgan fingerprint density at radius 1 is 1.17 bits per heavy atom. The van der Waals surface area contributed by atoms with E-state index >= 15 is 0 Å². The Kier molecular flexibility index (Phi) is 5.68. The molecule has 0 fully saturated rings. The molecule has 0 aliphatic rings. The van der Waals surface area contributed by atoms with Gasteiger partial charge in [-0.2, -0.15) is 5.10 Å². The van der Waals surface area contributed by atoms with Crippen molar-refractivity contribution in [3.05, 3.63) is 88.9 Å². The third-order valence-corrected chi connectivity index (χ3v) is 5.32. The molecule has 0 saturated carbocycles. The number of nitrogens with one attached hydrogen (secondary N) is 2. The molecule has 0 aliphatic carbocycles. The van der Waals surface area contributed by atoms with Crippen LogP contribution in [0.15, 0.2) is 60.8 Å². The third-order valence-electron chi connectivity index (χ3n) is 5.32. The van der Waals surface area contributed by atoms with E-state index in [9.17, 15) is 9.90 Å². The zero-order valence-electron chi connectivity index (χ0n) is 17.2. The van der Waals surface area contributed by atoms with Gasteiger partial charge in [0.2, 0.25) is 0 Å². The number of carbonyl (C=O) groups excluding carboxylic acids is 1. The van der Waals surface area contributed by atoms with E-state index in [0.29, 0.717) is 18.5 Å². The number of aliphatic hydroxyl groups is 1. The second kappa shape index (κ2) is 8.55. The first-order valence-corrected chi connectivity index (χ1v) is 10.1. The van der Waals surface area contributed by atoms with Gasteiger partial charge in [-0.1, -0.05) is 30.3 Å². The minimum Gasteiger partial charge on any atom is -0.394 e. The van der Waals surface area contributed by atoms with Crippen molar-refractivity contribution in [2.75, 3.05) is 6.61 Å². The molecular formula is C24H26N4O2. The number of rotatable bonds is 7. The maximum Gasteiger partial charge on any atom is 0.251 e. The van der Waals surface area contributed by atoms with Gasteiger partial charge in [0, 0.05) is 28.4 Å². The highest BCUT2D eigenvalue weighted by Crippen LogP contribution is 2.19. The van der Waals surface area contributed by atoms with E-state index in [1.54, 1.807) is 6.07 Å². The average Bonchev–Trinajstić information content (AvgIpc) is 3.29. The van der Waals surface area contributed by atoms with Crippen LogP contribution in [0, 0.1) is 13.8 Å². The minimum absolute atomic E-state index is 0.128.